The Morgan fingerprint density at radius 3 is 2.86 bits per heavy atom. The Balaban J connectivity index is 2.22. The minimum absolute atomic E-state index is 0.414. The van der Waals surface area contributed by atoms with Gasteiger partial charge in [-0.05, 0) is 13.3 Å². The number of nitrogens with zero attached hydrogens (tertiary/aromatic N) is 4. The third-order valence-corrected chi connectivity index (χ3v) is 3.14. The number of hydrogen-bond donors (Lipinski definition) is 1. The molecule has 1 N–H and O–H groups in total. The normalized spacial score (nSPS) is 10.8. The van der Waals surface area contributed by atoms with Crippen molar-refractivity contribution in [2.75, 3.05) is 19.0 Å². The van der Waals surface area contributed by atoms with Crippen LogP contribution < -0.4 is 5.32 Å². The molecule has 0 atom stereocenters. The Morgan fingerprint density at radius 2 is 2.14 bits per heavy atom. The molecule has 0 fully saturated rings. The van der Waals surface area contributed by atoms with Gasteiger partial charge in [0.15, 0.2) is 5.82 Å². The first kappa shape index (κ1) is 15.4. The van der Waals surface area contributed by atoms with Crippen LogP contribution in [-0.2, 0) is 24.3 Å². The Bertz CT molecular complexity index is 567. The molecular weight excluding hydrogens is 266 g/mol. The van der Waals surface area contributed by atoms with Crippen molar-refractivity contribution >= 4 is 5.82 Å². The second kappa shape index (κ2) is 7.73. The minimum Gasteiger partial charge on any atom is -0.377 e. The molecule has 0 bridgehead atoms. The highest BCUT2D eigenvalue weighted by molar-refractivity contribution is 5.36. The van der Waals surface area contributed by atoms with Crippen LogP contribution in [0.4, 0.5) is 5.82 Å². The van der Waals surface area contributed by atoms with Crippen molar-refractivity contribution in [3.8, 4) is 0 Å². The van der Waals surface area contributed by atoms with Gasteiger partial charge in [-0.2, -0.15) is 0 Å². The van der Waals surface area contributed by atoms with Crippen molar-refractivity contribution in [1.29, 1.82) is 0 Å². The largest absolute Gasteiger partial charge is 0.377 e. The number of hydrogen-bond acceptors (Lipinski definition) is 5. The Morgan fingerprint density at radius 1 is 1.29 bits per heavy atom. The average molecular weight is 289 g/mol. The van der Waals surface area contributed by atoms with Gasteiger partial charge >= 0.3 is 0 Å². The highest BCUT2D eigenvalue weighted by Crippen LogP contribution is 2.12. The molecule has 0 saturated heterocycles. The van der Waals surface area contributed by atoms with Gasteiger partial charge < -0.3 is 14.6 Å². The van der Waals surface area contributed by atoms with Crippen molar-refractivity contribution in [2.45, 2.75) is 39.8 Å². The van der Waals surface area contributed by atoms with E-state index in [1.807, 2.05) is 18.5 Å². The summed E-state index contributed by atoms with van der Waals surface area (Å²) in [7, 11) is 1.65. The number of imidazole rings is 1. The Kier molecular flexibility index (Phi) is 5.68. The number of methoxy groups -OCH3 is 1. The van der Waals surface area contributed by atoms with Crippen LogP contribution in [0.15, 0.2) is 18.5 Å². The summed E-state index contributed by atoms with van der Waals surface area (Å²) >= 11 is 0. The molecule has 0 aliphatic carbocycles. The highest BCUT2D eigenvalue weighted by Gasteiger charge is 2.08. The Labute approximate surface area is 125 Å². The van der Waals surface area contributed by atoms with E-state index in [1.54, 1.807) is 7.11 Å². The molecule has 2 aromatic rings. The lowest BCUT2D eigenvalue weighted by Crippen LogP contribution is -2.10. The van der Waals surface area contributed by atoms with E-state index >= 15 is 0 Å². The number of anilines is 1. The monoisotopic (exact) mass is 289 g/mol. The number of aryl methyl sites for hydroxylation is 1. The molecular formula is C15H23N5O. The first-order valence-corrected chi connectivity index (χ1v) is 7.36. The molecule has 0 amide bonds. The quantitative estimate of drug-likeness (QED) is 0.807. The summed E-state index contributed by atoms with van der Waals surface area (Å²) in [5.74, 6) is 2.56. The van der Waals surface area contributed by atoms with Gasteiger partial charge in [0.25, 0.3) is 0 Å². The standard InChI is InChI=1S/C15H23N5O/c1-4-6-16-13-9-12(18-14(19-13)11-21-3)10-15-17-7-8-20(15)5-2/h7-9H,4-6,10-11H2,1-3H3,(H,16,18,19). The number of aromatic nitrogens is 4. The van der Waals surface area contributed by atoms with Gasteiger partial charge in [-0.15, -0.1) is 0 Å². The predicted octanol–water partition coefficient (Wildman–Crippen LogP) is 2.25. The summed E-state index contributed by atoms with van der Waals surface area (Å²) in [6.45, 7) is 6.45. The van der Waals surface area contributed by atoms with E-state index in [9.17, 15) is 0 Å². The van der Waals surface area contributed by atoms with Crippen LogP contribution >= 0.6 is 0 Å². The minimum atomic E-state index is 0.414. The maximum Gasteiger partial charge on any atom is 0.156 e. The third kappa shape index (κ3) is 4.26. The molecule has 0 aliphatic rings. The summed E-state index contributed by atoms with van der Waals surface area (Å²) in [4.78, 5) is 13.4. The van der Waals surface area contributed by atoms with E-state index < -0.39 is 0 Å². The van der Waals surface area contributed by atoms with Crippen molar-refractivity contribution < 1.29 is 4.74 Å². The van der Waals surface area contributed by atoms with Gasteiger partial charge in [-0.3, -0.25) is 0 Å². The van der Waals surface area contributed by atoms with Crippen LogP contribution in [0.25, 0.3) is 0 Å². The van der Waals surface area contributed by atoms with Gasteiger partial charge in [0, 0.05) is 45.1 Å². The first-order chi connectivity index (χ1) is 10.3. The summed E-state index contributed by atoms with van der Waals surface area (Å²) in [6.07, 6.45) is 5.56. The average Bonchev–Trinajstić information content (AvgIpc) is 2.92. The van der Waals surface area contributed by atoms with Crippen LogP contribution in [0.5, 0.6) is 0 Å². The van der Waals surface area contributed by atoms with E-state index in [4.69, 9.17) is 4.74 Å². The van der Waals surface area contributed by atoms with Gasteiger partial charge in [0.05, 0.1) is 5.69 Å². The maximum absolute atomic E-state index is 5.15. The van der Waals surface area contributed by atoms with E-state index in [1.165, 1.54) is 0 Å². The lowest BCUT2D eigenvalue weighted by molar-refractivity contribution is 0.177. The zero-order valence-corrected chi connectivity index (χ0v) is 13.0. The molecule has 2 aromatic heterocycles. The topological polar surface area (TPSA) is 64.9 Å². The molecule has 0 unspecified atom stereocenters. The summed E-state index contributed by atoms with van der Waals surface area (Å²) in [5.41, 5.74) is 0.955. The Hall–Kier alpha value is -1.95. The molecule has 0 radical (unpaired) electrons. The van der Waals surface area contributed by atoms with E-state index in [-0.39, 0.29) is 0 Å². The predicted molar refractivity (Wildman–Crippen MR) is 82.2 cm³/mol. The van der Waals surface area contributed by atoms with Gasteiger partial charge in [-0.25, -0.2) is 15.0 Å². The van der Waals surface area contributed by atoms with E-state index in [2.05, 4.69) is 38.7 Å². The number of nitrogens with one attached hydrogen (secondary N) is 1. The number of rotatable bonds is 8. The van der Waals surface area contributed by atoms with E-state index in [0.717, 1.165) is 36.8 Å². The SMILES string of the molecule is CCCNc1cc(Cc2nccn2CC)nc(COC)n1. The highest BCUT2D eigenvalue weighted by atomic mass is 16.5. The number of ether oxygens (including phenoxy) is 1. The molecule has 6 heteroatoms. The maximum atomic E-state index is 5.15. The smallest absolute Gasteiger partial charge is 0.156 e. The van der Waals surface area contributed by atoms with Crippen LogP contribution in [0.1, 0.15) is 37.6 Å². The molecule has 114 valence electrons. The zero-order valence-electron chi connectivity index (χ0n) is 13.0. The molecule has 0 saturated carbocycles. The second-order valence-corrected chi connectivity index (χ2v) is 4.83. The van der Waals surface area contributed by atoms with Crippen LogP contribution in [0.3, 0.4) is 0 Å². The molecule has 0 aliphatic heterocycles. The van der Waals surface area contributed by atoms with Crippen molar-refractivity contribution in [3.63, 3.8) is 0 Å². The molecule has 0 spiro atoms. The summed E-state index contributed by atoms with van der Waals surface area (Å²) in [6, 6.07) is 1.99. The molecule has 2 rings (SSSR count). The summed E-state index contributed by atoms with van der Waals surface area (Å²) in [5, 5.41) is 3.31. The zero-order chi connectivity index (χ0) is 15.1. The lowest BCUT2D eigenvalue weighted by Gasteiger charge is -2.10. The fraction of sp³-hybridized carbons (Fsp3) is 0.533. The van der Waals surface area contributed by atoms with Crippen molar-refractivity contribution in [2.24, 2.45) is 0 Å². The molecule has 6 nitrogen and oxygen atoms in total. The third-order valence-electron chi connectivity index (χ3n) is 3.14. The summed E-state index contributed by atoms with van der Waals surface area (Å²) < 4.78 is 7.27. The molecule has 2 heterocycles. The molecule has 21 heavy (non-hydrogen) atoms. The van der Waals surface area contributed by atoms with Gasteiger partial charge in [-0.1, -0.05) is 6.92 Å². The fourth-order valence-electron chi connectivity index (χ4n) is 2.14. The van der Waals surface area contributed by atoms with Crippen LogP contribution in [-0.4, -0.2) is 33.2 Å². The van der Waals surface area contributed by atoms with Crippen LogP contribution in [0.2, 0.25) is 0 Å². The second-order valence-electron chi connectivity index (χ2n) is 4.83. The lowest BCUT2D eigenvalue weighted by atomic mass is 10.2. The van der Waals surface area contributed by atoms with Crippen LogP contribution in [0, 0.1) is 0 Å². The van der Waals surface area contributed by atoms with E-state index in [0.29, 0.717) is 18.9 Å². The first-order valence-electron chi connectivity index (χ1n) is 7.36. The van der Waals surface area contributed by atoms with Gasteiger partial charge in [0.1, 0.15) is 18.2 Å². The van der Waals surface area contributed by atoms with Crippen molar-refractivity contribution in [3.05, 3.63) is 35.8 Å². The van der Waals surface area contributed by atoms with Crippen molar-refractivity contribution in [1.82, 2.24) is 19.5 Å². The fourth-order valence-corrected chi connectivity index (χ4v) is 2.14. The van der Waals surface area contributed by atoms with Gasteiger partial charge in [0.2, 0.25) is 0 Å². The molecule has 0 aromatic carbocycles.